The van der Waals surface area contributed by atoms with Gasteiger partial charge in [0, 0.05) is 24.5 Å². The normalized spacial score (nSPS) is 13.8. The number of halogens is 1. The summed E-state index contributed by atoms with van der Waals surface area (Å²) in [6.07, 6.45) is 0.350. The zero-order valence-electron chi connectivity index (χ0n) is 12.8. The van der Waals surface area contributed by atoms with Gasteiger partial charge in [0.05, 0.1) is 10.0 Å². The molecule has 0 aliphatic heterocycles. The minimum atomic E-state index is -0.543. The van der Waals surface area contributed by atoms with Crippen molar-refractivity contribution in [3.63, 3.8) is 0 Å². The predicted molar refractivity (Wildman–Crippen MR) is 92.5 cm³/mol. The molecule has 3 rings (SSSR count). The molecule has 1 aliphatic rings. The molecule has 0 bridgehead atoms. The highest BCUT2D eigenvalue weighted by Crippen LogP contribution is 2.36. The lowest BCUT2D eigenvalue weighted by atomic mass is 9.86. The maximum Gasteiger partial charge on any atom is 0.308 e. The molecule has 120 valence electrons. The quantitative estimate of drug-likeness (QED) is 0.594. The number of ketones is 2. The van der Waals surface area contributed by atoms with Crippen molar-refractivity contribution in [3.05, 3.63) is 75.3 Å². The Morgan fingerprint density at radius 2 is 1.71 bits per heavy atom. The average molecular weight is 385 g/mol. The highest BCUT2D eigenvalue weighted by atomic mass is 79.9. The Morgan fingerprint density at radius 3 is 2.38 bits per heavy atom. The number of carbonyl (C=O) groups is 3. The van der Waals surface area contributed by atoms with Crippen LogP contribution in [0.3, 0.4) is 0 Å². The van der Waals surface area contributed by atoms with Crippen LogP contribution in [0, 0.1) is 0 Å². The highest BCUT2D eigenvalue weighted by molar-refractivity contribution is 9.12. The lowest BCUT2D eigenvalue weighted by molar-refractivity contribution is -0.131. The van der Waals surface area contributed by atoms with E-state index in [1.54, 1.807) is 12.1 Å². The van der Waals surface area contributed by atoms with Crippen LogP contribution in [0.4, 0.5) is 0 Å². The molecule has 0 spiro atoms. The largest absolute Gasteiger partial charge is 0.426 e. The molecule has 0 aromatic heterocycles. The summed E-state index contributed by atoms with van der Waals surface area (Å²) in [5, 5.41) is 0. The van der Waals surface area contributed by atoms with Crippen molar-refractivity contribution < 1.29 is 19.1 Å². The molecule has 0 amide bonds. The topological polar surface area (TPSA) is 60.4 Å². The van der Waals surface area contributed by atoms with Crippen LogP contribution in [0.5, 0.6) is 5.75 Å². The number of Topliss-reactive ketones (excluding diaryl/α,β-unsaturated/α-hetero) is 2. The first-order valence-corrected chi connectivity index (χ1v) is 8.11. The van der Waals surface area contributed by atoms with Crippen LogP contribution in [-0.4, -0.2) is 17.5 Å². The number of benzene rings is 2. The molecular formula is C19H13BrO4. The van der Waals surface area contributed by atoms with Gasteiger partial charge in [0.1, 0.15) is 5.75 Å². The van der Waals surface area contributed by atoms with Crippen molar-refractivity contribution in [1.82, 2.24) is 0 Å². The lowest BCUT2D eigenvalue weighted by Crippen LogP contribution is -2.22. The van der Waals surface area contributed by atoms with Gasteiger partial charge in [-0.15, -0.1) is 0 Å². The third kappa shape index (κ3) is 2.95. The van der Waals surface area contributed by atoms with Gasteiger partial charge in [-0.3, -0.25) is 14.4 Å². The van der Waals surface area contributed by atoms with Crippen molar-refractivity contribution >= 4 is 33.5 Å². The monoisotopic (exact) mass is 384 g/mol. The Bertz CT molecular complexity index is 881. The fourth-order valence-corrected chi connectivity index (χ4v) is 3.18. The Balaban J connectivity index is 2.07. The molecule has 0 unspecified atom stereocenters. The van der Waals surface area contributed by atoms with Gasteiger partial charge >= 0.3 is 5.97 Å². The van der Waals surface area contributed by atoms with Crippen LogP contribution >= 0.6 is 15.9 Å². The van der Waals surface area contributed by atoms with E-state index >= 15 is 0 Å². The Morgan fingerprint density at radius 1 is 1.00 bits per heavy atom. The second-order valence-electron chi connectivity index (χ2n) is 5.39. The second-order valence-corrected chi connectivity index (χ2v) is 6.18. The first kappa shape index (κ1) is 16.3. The van der Waals surface area contributed by atoms with E-state index in [-0.39, 0.29) is 32.9 Å². The van der Waals surface area contributed by atoms with Crippen molar-refractivity contribution in [2.45, 2.75) is 13.3 Å². The smallest absolute Gasteiger partial charge is 0.308 e. The second kappa shape index (κ2) is 6.53. The number of ether oxygens (including phenoxy) is 1. The summed E-state index contributed by atoms with van der Waals surface area (Å²) in [6, 6.07) is 14.1. The van der Waals surface area contributed by atoms with Gasteiger partial charge in [0.2, 0.25) is 5.78 Å². The Kier molecular flexibility index (Phi) is 4.44. The third-order valence-electron chi connectivity index (χ3n) is 3.71. The van der Waals surface area contributed by atoms with E-state index in [4.69, 9.17) is 4.74 Å². The molecule has 0 saturated heterocycles. The van der Waals surface area contributed by atoms with Crippen molar-refractivity contribution in [2.75, 3.05) is 0 Å². The number of allylic oxidation sites excluding steroid dienone is 2. The van der Waals surface area contributed by atoms with E-state index in [2.05, 4.69) is 15.9 Å². The Hall–Kier alpha value is -2.53. The van der Waals surface area contributed by atoms with E-state index in [1.165, 1.54) is 13.0 Å². The maximum atomic E-state index is 12.8. The summed E-state index contributed by atoms with van der Waals surface area (Å²) in [5.74, 6) is -1.03. The van der Waals surface area contributed by atoms with E-state index in [0.29, 0.717) is 12.0 Å². The highest BCUT2D eigenvalue weighted by Gasteiger charge is 2.33. The molecule has 0 heterocycles. The fourth-order valence-electron chi connectivity index (χ4n) is 2.66. The number of rotatable bonds is 3. The lowest BCUT2D eigenvalue weighted by Gasteiger charge is -2.20. The fraction of sp³-hybridized carbons (Fsp3) is 0.105. The van der Waals surface area contributed by atoms with Gasteiger partial charge < -0.3 is 4.74 Å². The van der Waals surface area contributed by atoms with Crippen molar-refractivity contribution in [3.8, 4) is 5.75 Å². The molecule has 0 atom stereocenters. The van der Waals surface area contributed by atoms with E-state index in [0.717, 1.165) is 5.56 Å². The summed E-state index contributed by atoms with van der Waals surface area (Å²) in [7, 11) is 0. The number of carbonyl (C=O) groups excluding carboxylic acids is 3. The summed E-state index contributed by atoms with van der Waals surface area (Å²) in [6.45, 7) is 1.25. The number of esters is 1. The number of hydrogen-bond acceptors (Lipinski definition) is 4. The third-order valence-corrected chi connectivity index (χ3v) is 4.55. The average Bonchev–Trinajstić information content (AvgIpc) is 2.57. The van der Waals surface area contributed by atoms with Crippen LogP contribution < -0.4 is 4.74 Å². The number of hydrogen-bond donors (Lipinski definition) is 0. The molecule has 0 N–H and O–H groups in total. The minimum Gasteiger partial charge on any atom is -0.426 e. The Labute approximate surface area is 147 Å². The van der Waals surface area contributed by atoms with E-state index in [1.807, 2.05) is 30.3 Å². The standard InChI is InChI=1S/C19H13BrO4/c1-11(21)24-15-9-5-8-13-16(15)19(23)17(20)14(18(13)22)10-12-6-3-2-4-7-12/h2-9H,10H2,1H3. The summed E-state index contributed by atoms with van der Waals surface area (Å²) < 4.78 is 5.29. The molecule has 24 heavy (non-hydrogen) atoms. The van der Waals surface area contributed by atoms with Crippen molar-refractivity contribution in [1.29, 1.82) is 0 Å². The van der Waals surface area contributed by atoms with Gasteiger partial charge in [-0.2, -0.15) is 0 Å². The molecule has 1 aliphatic carbocycles. The van der Waals surface area contributed by atoms with Gasteiger partial charge in [-0.05, 0) is 27.6 Å². The number of fused-ring (bicyclic) bond motifs is 1. The van der Waals surface area contributed by atoms with Crippen LogP contribution in [-0.2, 0) is 11.2 Å². The van der Waals surface area contributed by atoms with Gasteiger partial charge in [0.15, 0.2) is 5.78 Å². The van der Waals surface area contributed by atoms with E-state index in [9.17, 15) is 14.4 Å². The van der Waals surface area contributed by atoms with Gasteiger partial charge in [0.25, 0.3) is 0 Å². The van der Waals surface area contributed by atoms with E-state index < -0.39 is 5.97 Å². The SMILES string of the molecule is CC(=O)Oc1cccc2c1C(=O)C(Br)=C(Cc1ccccc1)C2=O. The predicted octanol–water partition coefficient (Wildman–Crippen LogP) is 3.88. The molecular weight excluding hydrogens is 372 g/mol. The summed E-state index contributed by atoms with van der Waals surface area (Å²) in [5.41, 5.74) is 1.72. The maximum absolute atomic E-state index is 12.8. The van der Waals surface area contributed by atoms with Gasteiger partial charge in [-0.25, -0.2) is 0 Å². The molecule has 2 aromatic rings. The van der Waals surface area contributed by atoms with Crippen LogP contribution in [0.15, 0.2) is 58.6 Å². The van der Waals surface area contributed by atoms with Gasteiger partial charge in [-0.1, -0.05) is 42.5 Å². The molecule has 4 nitrogen and oxygen atoms in total. The minimum absolute atomic E-state index is 0.106. The molecule has 2 aromatic carbocycles. The molecule has 0 radical (unpaired) electrons. The first-order chi connectivity index (χ1) is 11.5. The van der Waals surface area contributed by atoms with Crippen LogP contribution in [0.25, 0.3) is 0 Å². The first-order valence-electron chi connectivity index (χ1n) is 7.32. The van der Waals surface area contributed by atoms with Crippen molar-refractivity contribution in [2.24, 2.45) is 0 Å². The molecule has 0 saturated carbocycles. The van der Waals surface area contributed by atoms with Crippen LogP contribution in [0.1, 0.15) is 33.2 Å². The summed E-state index contributed by atoms with van der Waals surface area (Å²) >= 11 is 3.26. The molecule has 0 fully saturated rings. The molecule has 5 heteroatoms. The zero-order valence-corrected chi connectivity index (χ0v) is 14.4. The summed E-state index contributed by atoms with van der Waals surface area (Å²) in [4.78, 5) is 36.8. The van der Waals surface area contributed by atoms with Crippen LogP contribution in [0.2, 0.25) is 0 Å². The zero-order chi connectivity index (χ0) is 17.3.